The van der Waals surface area contributed by atoms with Crippen LogP contribution in [0.25, 0.3) is 54.8 Å². The van der Waals surface area contributed by atoms with Gasteiger partial charge in [-0.1, -0.05) is 193 Å². The molecule has 0 atom stereocenters. The molecule has 1 aromatic heterocycles. The molecule has 4 aliphatic rings. The van der Waals surface area contributed by atoms with Gasteiger partial charge in [-0.15, -0.1) is 0 Å². The minimum Gasteiger partial charge on any atom is -0.375 e. The van der Waals surface area contributed by atoms with Crippen LogP contribution < -0.4 is 41.5 Å². The lowest BCUT2D eigenvalue weighted by Gasteiger charge is -2.49. The van der Waals surface area contributed by atoms with E-state index >= 15 is 0 Å². The average Bonchev–Trinajstić information content (AvgIpc) is 3.87. The minimum atomic E-state index is -2.87. The monoisotopic (exact) mass is 925 g/mol. The highest BCUT2D eigenvalue weighted by atomic mass is 28.3. The van der Waals surface area contributed by atoms with Crippen LogP contribution in [0.4, 0.5) is 34.1 Å². The van der Waals surface area contributed by atoms with Gasteiger partial charge in [0, 0.05) is 61.5 Å². The van der Waals surface area contributed by atoms with Crippen LogP contribution in [0.1, 0.15) is 52.7 Å². The third-order valence-electron chi connectivity index (χ3n) is 16.6. The molecule has 0 saturated carbocycles. The van der Waals surface area contributed by atoms with E-state index in [0.29, 0.717) is 0 Å². The first kappa shape index (κ1) is 41.0. The zero-order valence-electron chi connectivity index (χ0n) is 41.0. The summed E-state index contributed by atoms with van der Waals surface area (Å²) in [6.07, 6.45) is 0. The first-order chi connectivity index (χ1) is 34.5. The summed E-state index contributed by atoms with van der Waals surface area (Å²) in [6, 6.07) is 80.1. The van der Waals surface area contributed by atoms with Gasteiger partial charge in [-0.3, -0.25) is 0 Å². The lowest BCUT2D eigenvalue weighted by Crippen LogP contribution is -2.77. The van der Waals surface area contributed by atoms with Gasteiger partial charge >= 0.3 is 6.85 Å². The fourth-order valence-corrected chi connectivity index (χ4v) is 19.0. The molecule has 71 heavy (non-hydrogen) atoms. The molecule has 4 aliphatic heterocycles. The fourth-order valence-electron chi connectivity index (χ4n) is 13.5. The standard InChI is InChI=1S/C66H52BN3Si/c1-65(2,3)43-29-33-45(34-30-43)68(46-35-31-44(32-36-46)66(4,5)6)47-39-53-51-22-15-21-50-52-37-41-17-7-8-18-42(41)38-56(52)70(63(50)51)67-54-23-16-28-61-64(54)69(57(40-47)62(53)67)55-24-11-14-27-60(55)71(61)58-25-12-9-19-48(58)49-20-10-13-26-59(49)71/h7-40H,1-6H3. The van der Waals surface area contributed by atoms with Crippen LogP contribution in [-0.2, 0) is 10.8 Å². The Kier molecular flexibility index (Phi) is 8.16. The Hall–Kier alpha value is -7.86. The van der Waals surface area contributed by atoms with Crippen LogP contribution >= 0.6 is 0 Å². The molecule has 0 aliphatic carbocycles. The van der Waals surface area contributed by atoms with Crippen molar-refractivity contribution < 1.29 is 0 Å². The highest BCUT2D eigenvalue weighted by Crippen LogP contribution is 2.50. The zero-order chi connectivity index (χ0) is 47.7. The van der Waals surface area contributed by atoms with E-state index in [2.05, 4.69) is 262 Å². The van der Waals surface area contributed by atoms with E-state index in [1.807, 2.05) is 0 Å². The molecule has 5 heteroatoms. The molecule has 0 amide bonds. The van der Waals surface area contributed by atoms with Crippen molar-refractivity contribution in [2.24, 2.45) is 0 Å². The maximum absolute atomic E-state index is 2.87. The first-order valence-corrected chi connectivity index (χ1v) is 27.4. The van der Waals surface area contributed by atoms with Crippen molar-refractivity contribution in [3.8, 4) is 22.3 Å². The van der Waals surface area contributed by atoms with E-state index in [1.54, 1.807) is 0 Å². The Bertz CT molecular complexity index is 3990. The lowest BCUT2D eigenvalue weighted by molar-refractivity contribution is 0.590. The predicted octanol–water partition coefficient (Wildman–Crippen LogP) is 13.1. The van der Waals surface area contributed by atoms with E-state index in [0.717, 1.165) is 17.1 Å². The Morgan fingerprint density at radius 3 is 1.62 bits per heavy atom. The summed E-state index contributed by atoms with van der Waals surface area (Å²) in [5, 5.41) is 11.0. The molecule has 0 saturated heterocycles. The number of nitrogens with zero attached hydrogens (tertiary/aromatic N) is 3. The maximum Gasteiger partial charge on any atom is 0.333 e. The molecule has 338 valence electrons. The fraction of sp³-hybridized carbons (Fsp3) is 0.121. The summed E-state index contributed by atoms with van der Waals surface area (Å²) in [4.78, 5) is 5.22. The average molecular weight is 926 g/mol. The van der Waals surface area contributed by atoms with Gasteiger partial charge in [0.25, 0.3) is 0 Å². The first-order valence-electron chi connectivity index (χ1n) is 25.4. The van der Waals surface area contributed by atoms with Gasteiger partial charge in [-0.25, -0.2) is 0 Å². The summed E-state index contributed by atoms with van der Waals surface area (Å²) < 4.78 is 2.74. The van der Waals surface area contributed by atoms with Crippen LogP contribution in [0, 0.1) is 0 Å². The Balaban J connectivity index is 1.09. The molecule has 3 nitrogen and oxygen atoms in total. The number of hydrogen-bond donors (Lipinski definition) is 0. The summed E-state index contributed by atoms with van der Waals surface area (Å²) in [6.45, 7) is 13.7. The van der Waals surface area contributed by atoms with Crippen LogP contribution in [0.3, 0.4) is 0 Å². The van der Waals surface area contributed by atoms with E-state index in [9.17, 15) is 0 Å². The van der Waals surface area contributed by atoms with Crippen LogP contribution in [0.2, 0.25) is 0 Å². The number of anilines is 6. The normalized spacial score (nSPS) is 14.4. The van der Waals surface area contributed by atoms with Gasteiger partial charge in [-0.05, 0) is 136 Å². The number of rotatable bonds is 3. The smallest absolute Gasteiger partial charge is 0.333 e. The molecular weight excluding hydrogens is 874 g/mol. The second-order valence-corrected chi connectivity index (χ2v) is 26.1. The maximum atomic E-state index is 2.74. The van der Waals surface area contributed by atoms with Crippen molar-refractivity contribution in [2.75, 3.05) is 9.80 Å². The topological polar surface area (TPSA) is 11.4 Å². The van der Waals surface area contributed by atoms with Gasteiger partial charge in [-0.2, -0.15) is 0 Å². The Labute approximate surface area is 417 Å². The number of benzene rings is 10. The molecule has 15 rings (SSSR count). The molecule has 0 bridgehead atoms. The lowest BCUT2D eigenvalue weighted by atomic mass is 9.45. The summed E-state index contributed by atoms with van der Waals surface area (Å²) in [7, 11) is -2.87. The number of fused-ring (bicyclic) bond motifs is 17. The van der Waals surface area contributed by atoms with E-state index in [1.165, 1.54) is 115 Å². The van der Waals surface area contributed by atoms with Crippen LogP contribution in [-0.4, -0.2) is 19.4 Å². The van der Waals surface area contributed by atoms with Gasteiger partial charge < -0.3 is 14.3 Å². The van der Waals surface area contributed by atoms with E-state index in [-0.39, 0.29) is 17.7 Å². The molecule has 0 N–H and O–H groups in total. The summed E-state index contributed by atoms with van der Waals surface area (Å²) in [5.74, 6) is 0. The summed E-state index contributed by atoms with van der Waals surface area (Å²) in [5.41, 5.74) is 20.6. The largest absolute Gasteiger partial charge is 0.375 e. The molecule has 5 heterocycles. The van der Waals surface area contributed by atoms with Crippen molar-refractivity contribution in [2.45, 2.75) is 52.4 Å². The molecule has 10 aromatic carbocycles. The minimum absolute atomic E-state index is 0.0273. The SMILES string of the molecule is CC(C)(C)c1ccc(N(c2ccc(C(C)(C)C)cc2)c2cc3c4c(c2)N2c5ccccc5[Si]5(c6ccccc6-c6ccccc65)c5cccc(c52)B4n2c4cc5ccccc5cc4c4cccc-3c42)cc1. The zero-order valence-corrected chi connectivity index (χ0v) is 42.0. The second kappa shape index (κ2) is 14.1. The third-order valence-corrected chi connectivity index (χ3v) is 21.6. The number of aromatic nitrogens is 1. The Morgan fingerprint density at radius 2 is 0.972 bits per heavy atom. The summed E-state index contributed by atoms with van der Waals surface area (Å²) >= 11 is 0. The van der Waals surface area contributed by atoms with Gasteiger partial charge in [0.15, 0.2) is 8.07 Å². The van der Waals surface area contributed by atoms with E-state index < -0.39 is 8.07 Å². The quantitative estimate of drug-likeness (QED) is 0.164. The molecular formula is C66H52BN3Si. The predicted molar refractivity (Wildman–Crippen MR) is 306 cm³/mol. The molecule has 11 aromatic rings. The van der Waals surface area contributed by atoms with Gasteiger partial charge in [0.2, 0.25) is 0 Å². The van der Waals surface area contributed by atoms with Crippen molar-refractivity contribution in [1.29, 1.82) is 0 Å². The molecule has 0 radical (unpaired) electrons. The van der Waals surface area contributed by atoms with Crippen molar-refractivity contribution >= 4 is 113 Å². The van der Waals surface area contributed by atoms with Gasteiger partial charge in [0.1, 0.15) is 0 Å². The molecule has 1 spiro atoms. The molecule has 0 fully saturated rings. The third kappa shape index (κ3) is 5.39. The van der Waals surface area contributed by atoms with Crippen molar-refractivity contribution in [3.63, 3.8) is 0 Å². The molecule has 0 unspecified atom stereocenters. The van der Waals surface area contributed by atoms with Crippen LogP contribution in [0.15, 0.2) is 206 Å². The van der Waals surface area contributed by atoms with Gasteiger partial charge in [0.05, 0.1) is 0 Å². The second-order valence-electron chi connectivity index (χ2n) is 22.5. The Morgan fingerprint density at radius 1 is 0.423 bits per heavy atom. The number of hydrogen-bond acceptors (Lipinski definition) is 2. The van der Waals surface area contributed by atoms with Crippen LogP contribution in [0.5, 0.6) is 0 Å². The van der Waals surface area contributed by atoms with Crippen molar-refractivity contribution in [1.82, 2.24) is 4.48 Å². The highest BCUT2D eigenvalue weighted by molar-refractivity contribution is 7.24. The van der Waals surface area contributed by atoms with E-state index in [4.69, 9.17) is 0 Å². The highest BCUT2D eigenvalue weighted by Gasteiger charge is 2.56. The number of para-hydroxylation sites is 3. The van der Waals surface area contributed by atoms with Crippen molar-refractivity contribution in [3.05, 3.63) is 217 Å².